The lowest BCUT2D eigenvalue weighted by Gasteiger charge is -2.12. The number of Topliss-reactive ketones (excluding diaryl/α,β-unsaturated/α-hetero) is 1. The Morgan fingerprint density at radius 3 is 2.17 bits per heavy atom. The molecule has 4 aromatic carbocycles. The van der Waals surface area contributed by atoms with Gasteiger partial charge in [-0.1, -0.05) is 59.1 Å². The maximum atomic E-state index is 14.5. The number of hydrogen-bond acceptors (Lipinski definition) is 4. The maximum Gasteiger partial charge on any atom is 0.272 e. The first-order valence-corrected chi connectivity index (χ1v) is 13.9. The van der Waals surface area contributed by atoms with Crippen molar-refractivity contribution in [2.24, 2.45) is 0 Å². The first-order valence-electron chi connectivity index (χ1n) is 11.8. The van der Waals surface area contributed by atoms with Crippen LogP contribution in [0.4, 0.5) is 10.1 Å². The van der Waals surface area contributed by atoms with Gasteiger partial charge in [-0.2, -0.15) is 0 Å². The topological polar surface area (TPSA) is 75.3 Å². The average molecular weight is 614 g/mol. The van der Waals surface area contributed by atoms with Crippen molar-refractivity contribution < 1.29 is 18.8 Å². The molecule has 0 unspecified atom stereocenters. The predicted molar refractivity (Wildman–Crippen MR) is 160 cm³/mol. The number of carbonyl (C=O) groups excluding carboxylic acids is 3. The minimum Gasteiger partial charge on any atom is -0.321 e. The molecule has 4 aromatic rings. The van der Waals surface area contributed by atoms with Gasteiger partial charge < -0.3 is 10.6 Å². The molecule has 0 saturated heterocycles. The summed E-state index contributed by atoms with van der Waals surface area (Å²) in [6.07, 6.45) is 1.19. The maximum absolute atomic E-state index is 14.5. The second kappa shape index (κ2) is 13.6. The van der Waals surface area contributed by atoms with E-state index in [4.69, 9.17) is 34.8 Å². The molecule has 2 N–H and O–H groups in total. The fraction of sp³-hybridized carbons (Fsp3) is 0.0333. The second-order valence-corrected chi connectivity index (χ2v) is 10.6. The summed E-state index contributed by atoms with van der Waals surface area (Å²) in [7, 11) is 0. The summed E-state index contributed by atoms with van der Waals surface area (Å²) in [4.78, 5) is 39.3. The normalized spacial score (nSPS) is 11.2. The molecule has 0 spiro atoms. The summed E-state index contributed by atoms with van der Waals surface area (Å²) in [6.45, 7) is 0. The summed E-state index contributed by atoms with van der Waals surface area (Å²) in [5.74, 6) is -1.82. The van der Waals surface area contributed by atoms with Crippen molar-refractivity contribution in [2.45, 2.75) is 4.90 Å². The van der Waals surface area contributed by atoms with Gasteiger partial charge in [0.05, 0.1) is 20.8 Å². The number of halogens is 4. The molecule has 0 aliphatic rings. The molecule has 10 heteroatoms. The zero-order valence-corrected chi connectivity index (χ0v) is 23.7. The van der Waals surface area contributed by atoms with E-state index in [9.17, 15) is 18.8 Å². The number of rotatable bonds is 9. The van der Waals surface area contributed by atoms with Gasteiger partial charge in [0, 0.05) is 27.3 Å². The first-order chi connectivity index (χ1) is 19.2. The molecule has 0 aliphatic heterocycles. The van der Waals surface area contributed by atoms with E-state index in [2.05, 4.69) is 10.6 Å². The van der Waals surface area contributed by atoms with Crippen molar-refractivity contribution in [1.29, 1.82) is 0 Å². The standard InChI is InChI=1S/C30H20Cl3FN2O3S/c31-23-7-4-8-26(34)22(23)16-27(36-29(38)18-5-2-1-3-6-18)30(39)35-20-10-12-21(13-11-20)40-17-28(37)19-9-14-24(32)25(33)15-19/h1-16H,17H2,(H,35,39)(H,36,38)/b27-16-. The third-order valence-corrected chi connectivity index (χ3v) is 7.62. The van der Waals surface area contributed by atoms with Crippen molar-refractivity contribution >= 4 is 75.9 Å². The molecular weight excluding hydrogens is 594 g/mol. The van der Waals surface area contributed by atoms with E-state index < -0.39 is 17.6 Å². The first kappa shape index (κ1) is 29.4. The Morgan fingerprint density at radius 2 is 1.50 bits per heavy atom. The second-order valence-electron chi connectivity index (χ2n) is 8.33. The summed E-state index contributed by atoms with van der Waals surface area (Å²) < 4.78 is 14.5. The summed E-state index contributed by atoms with van der Waals surface area (Å²) in [5, 5.41) is 6.01. The van der Waals surface area contributed by atoms with Gasteiger partial charge in [0.2, 0.25) is 0 Å². The van der Waals surface area contributed by atoms with Crippen molar-refractivity contribution in [3.8, 4) is 0 Å². The minimum absolute atomic E-state index is 0.0407. The molecule has 202 valence electrons. The van der Waals surface area contributed by atoms with Crippen LogP contribution in [0.5, 0.6) is 0 Å². The van der Waals surface area contributed by atoms with Gasteiger partial charge in [-0.3, -0.25) is 14.4 Å². The third-order valence-electron chi connectivity index (χ3n) is 5.54. The molecule has 0 radical (unpaired) electrons. The van der Waals surface area contributed by atoms with Gasteiger partial charge in [-0.25, -0.2) is 4.39 Å². The Bertz CT molecular complexity index is 1580. The molecular formula is C30H20Cl3FN2O3S. The van der Waals surface area contributed by atoms with E-state index in [-0.39, 0.29) is 27.8 Å². The minimum atomic E-state index is -0.682. The van der Waals surface area contributed by atoms with Crippen LogP contribution in [0.1, 0.15) is 26.3 Å². The number of amides is 2. The van der Waals surface area contributed by atoms with Crippen LogP contribution in [-0.2, 0) is 4.79 Å². The zero-order valence-electron chi connectivity index (χ0n) is 20.6. The molecule has 40 heavy (non-hydrogen) atoms. The van der Waals surface area contributed by atoms with Crippen molar-refractivity contribution in [2.75, 3.05) is 11.1 Å². The summed E-state index contributed by atoms with van der Waals surface area (Å²) >= 11 is 19.4. The van der Waals surface area contributed by atoms with Crippen LogP contribution in [0.3, 0.4) is 0 Å². The number of hydrogen-bond donors (Lipinski definition) is 2. The van der Waals surface area contributed by atoms with E-state index in [0.29, 0.717) is 26.9 Å². The van der Waals surface area contributed by atoms with Crippen LogP contribution in [-0.4, -0.2) is 23.4 Å². The highest BCUT2D eigenvalue weighted by atomic mass is 35.5. The number of benzene rings is 4. The third kappa shape index (κ3) is 7.73. The molecule has 0 saturated carbocycles. The Balaban J connectivity index is 1.47. The Hall–Kier alpha value is -3.62. The molecule has 0 aromatic heterocycles. The number of nitrogens with one attached hydrogen (secondary N) is 2. The van der Waals surface area contributed by atoms with Crippen LogP contribution in [0.25, 0.3) is 6.08 Å². The van der Waals surface area contributed by atoms with Crippen molar-refractivity contribution in [3.05, 3.63) is 134 Å². The molecule has 0 fully saturated rings. The van der Waals surface area contributed by atoms with Gasteiger partial charge in [0.1, 0.15) is 11.5 Å². The van der Waals surface area contributed by atoms with E-state index in [0.717, 1.165) is 4.90 Å². The van der Waals surface area contributed by atoms with Gasteiger partial charge in [0.15, 0.2) is 5.78 Å². The van der Waals surface area contributed by atoms with E-state index in [1.807, 2.05) is 0 Å². The Kier molecular flexibility index (Phi) is 10.0. The monoisotopic (exact) mass is 612 g/mol. The Labute approximate surface area is 249 Å². The summed E-state index contributed by atoms with van der Waals surface area (Å²) in [6, 6.07) is 23.9. The molecule has 0 bridgehead atoms. The number of carbonyl (C=O) groups is 3. The molecule has 0 atom stereocenters. The molecule has 0 aliphatic carbocycles. The van der Waals surface area contributed by atoms with E-state index in [1.54, 1.807) is 66.7 Å². The van der Waals surface area contributed by atoms with Crippen molar-refractivity contribution in [1.82, 2.24) is 5.32 Å². The fourth-order valence-corrected chi connectivity index (χ4v) is 4.78. The lowest BCUT2D eigenvalue weighted by Crippen LogP contribution is -2.30. The van der Waals surface area contributed by atoms with Gasteiger partial charge in [0.25, 0.3) is 11.8 Å². The van der Waals surface area contributed by atoms with Gasteiger partial charge in [-0.15, -0.1) is 11.8 Å². The Morgan fingerprint density at radius 1 is 0.775 bits per heavy atom. The number of ketones is 1. The van der Waals surface area contributed by atoms with E-state index >= 15 is 0 Å². The molecule has 2 amide bonds. The zero-order chi connectivity index (χ0) is 28.6. The molecule has 0 heterocycles. The SMILES string of the molecule is O=C(Nc1ccc(SCC(=O)c2ccc(Cl)c(Cl)c2)cc1)/C(=C/c1c(F)cccc1Cl)NC(=O)c1ccccc1. The van der Waals surface area contributed by atoms with Crippen LogP contribution in [0.2, 0.25) is 15.1 Å². The van der Waals surface area contributed by atoms with Crippen LogP contribution < -0.4 is 10.6 Å². The molecule has 4 rings (SSSR count). The molecule has 5 nitrogen and oxygen atoms in total. The smallest absolute Gasteiger partial charge is 0.272 e. The fourth-order valence-electron chi connectivity index (χ4n) is 3.47. The average Bonchev–Trinajstić information content (AvgIpc) is 2.95. The van der Waals surface area contributed by atoms with E-state index in [1.165, 1.54) is 42.1 Å². The van der Waals surface area contributed by atoms with Gasteiger partial charge >= 0.3 is 0 Å². The lowest BCUT2D eigenvalue weighted by molar-refractivity contribution is -0.113. The highest BCUT2D eigenvalue weighted by Crippen LogP contribution is 2.26. The number of anilines is 1. The van der Waals surface area contributed by atoms with Crippen LogP contribution in [0.15, 0.2) is 102 Å². The highest BCUT2D eigenvalue weighted by molar-refractivity contribution is 8.00. The number of thioether (sulfide) groups is 1. The predicted octanol–water partition coefficient (Wildman–Crippen LogP) is 8.17. The largest absolute Gasteiger partial charge is 0.321 e. The van der Waals surface area contributed by atoms with Crippen molar-refractivity contribution in [3.63, 3.8) is 0 Å². The van der Waals surface area contributed by atoms with Crippen LogP contribution in [0, 0.1) is 5.82 Å². The summed E-state index contributed by atoms with van der Waals surface area (Å²) in [5.41, 5.74) is 0.951. The van der Waals surface area contributed by atoms with Gasteiger partial charge in [-0.05, 0) is 72.8 Å². The highest BCUT2D eigenvalue weighted by Gasteiger charge is 2.17. The van der Waals surface area contributed by atoms with Crippen LogP contribution >= 0.6 is 46.6 Å². The quantitative estimate of drug-likeness (QED) is 0.113. The lowest BCUT2D eigenvalue weighted by atomic mass is 10.1.